The lowest BCUT2D eigenvalue weighted by atomic mass is 10.1. The van der Waals surface area contributed by atoms with Crippen LogP contribution in [0.1, 0.15) is 5.56 Å². The van der Waals surface area contributed by atoms with Gasteiger partial charge in [-0.1, -0.05) is 0 Å². The van der Waals surface area contributed by atoms with E-state index in [1.165, 1.54) is 19.2 Å². The molecular weight excluding hydrogens is 281 g/mol. The van der Waals surface area contributed by atoms with E-state index in [0.717, 1.165) is 0 Å². The van der Waals surface area contributed by atoms with Crippen molar-refractivity contribution in [1.29, 1.82) is 0 Å². The van der Waals surface area contributed by atoms with E-state index in [9.17, 15) is 9.18 Å². The standard InChI is InChI=1S/C10H11BrFNO3/c1-16-8-4-5(2-6(11)9(8)12)3-7(13)10(14)15/h2,4,7H,3,13H2,1H3,(H,14,15). The molecule has 6 heteroatoms. The molecule has 0 fully saturated rings. The topological polar surface area (TPSA) is 72.5 Å². The van der Waals surface area contributed by atoms with E-state index < -0.39 is 17.8 Å². The van der Waals surface area contributed by atoms with Crippen molar-refractivity contribution in [2.24, 2.45) is 5.73 Å². The summed E-state index contributed by atoms with van der Waals surface area (Å²) in [5.74, 6) is -1.56. The first-order valence-electron chi connectivity index (χ1n) is 4.46. The number of carboxylic acids is 1. The van der Waals surface area contributed by atoms with Crippen LogP contribution in [0.3, 0.4) is 0 Å². The molecule has 3 N–H and O–H groups in total. The average Bonchev–Trinajstić information content (AvgIpc) is 2.22. The third-order valence-corrected chi connectivity index (χ3v) is 2.62. The van der Waals surface area contributed by atoms with Crippen LogP contribution in [0.25, 0.3) is 0 Å². The van der Waals surface area contributed by atoms with Crippen LogP contribution in [-0.2, 0) is 11.2 Å². The van der Waals surface area contributed by atoms with Crippen molar-refractivity contribution in [1.82, 2.24) is 0 Å². The van der Waals surface area contributed by atoms with Crippen molar-refractivity contribution in [3.8, 4) is 5.75 Å². The number of benzene rings is 1. The molecule has 0 saturated carbocycles. The number of ether oxygens (including phenoxy) is 1. The van der Waals surface area contributed by atoms with E-state index >= 15 is 0 Å². The molecular formula is C10H11BrFNO3. The first kappa shape index (κ1) is 12.9. The number of aliphatic carboxylic acids is 1. The molecule has 1 unspecified atom stereocenters. The van der Waals surface area contributed by atoms with Gasteiger partial charge >= 0.3 is 5.97 Å². The summed E-state index contributed by atoms with van der Waals surface area (Å²) >= 11 is 3.02. The second kappa shape index (κ2) is 5.27. The van der Waals surface area contributed by atoms with E-state index in [0.29, 0.717) is 5.56 Å². The fourth-order valence-corrected chi connectivity index (χ4v) is 1.71. The Morgan fingerprint density at radius 2 is 2.31 bits per heavy atom. The highest BCUT2D eigenvalue weighted by Gasteiger charge is 2.15. The molecule has 16 heavy (non-hydrogen) atoms. The Labute approximate surface area is 100 Å². The Hall–Kier alpha value is -1.14. The van der Waals surface area contributed by atoms with Crippen LogP contribution in [0.4, 0.5) is 4.39 Å². The number of hydrogen-bond acceptors (Lipinski definition) is 3. The maximum atomic E-state index is 13.4. The van der Waals surface area contributed by atoms with Crippen LogP contribution in [0, 0.1) is 5.82 Å². The Bertz CT molecular complexity index is 411. The second-order valence-corrected chi connectivity index (χ2v) is 4.10. The zero-order valence-electron chi connectivity index (χ0n) is 8.54. The molecule has 0 amide bonds. The summed E-state index contributed by atoms with van der Waals surface area (Å²) in [4.78, 5) is 10.6. The van der Waals surface area contributed by atoms with E-state index in [2.05, 4.69) is 15.9 Å². The van der Waals surface area contributed by atoms with Crippen molar-refractivity contribution in [2.45, 2.75) is 12.5 Å². The van der Waals surface area contributed by atoms with Crippen molar-refractivity contribution in [2.75, 3.05) is 7.11 Å². The Morgan fingerprint density at radius 1 is 1.69 bits per heavy atom. The summed E-state index contributed by atoms with van der Waals surface area (Å²) in [5.41, 5.74) is 5.98. The normalized spacial score (nSPS) is 12.2. The monoisotopic (exact) mass is 291 g/mol. The molecule has 1 aromatic carbocycles. The quantitative estimate of drug-likeness (QED) is 0.883. The smallest absolute Gasteiger partial charge is 0.320 e. The predicted octanol–water partition coefficient (Wildman–Crippen LogP) is 1.55. The van der Waals surface area contributed by atoms with Gasteiger partial charge in [0.15, 0.2) is 11.6 Å². The SMILES string of the molecule is COc1cc(CC(N)C(=O)O)cc(Br)c1F. The number of halogens is 2. The summed E-state index contributed by atoms with van der Waals surface area (Å²) in [6, 6.07) is 1.91. The van der Waals surface area contributed by atoms with Crippen LogP contribution in [0.15, 0.2) is 16.6 Å². The van der Waals surface area contributed by atoms with E-state index in [-0.39, 0.29) is 16.6 Å². The summed E-state index contributed by atoms with van der Waals surface area (Å²) in [6.45, 7) is 0. The Morgan fingerprint density at radius 3 is 2.81 bits per heavy atom. The highest BCUT2D eigenvalue weighted by atomic mass is 79.9. The van der Waals surface area contributed by atoms with Gasteiger partial charge < -0.3 is 15.6 Å². The minimum absolute atomic E-state index is 0.0574. The molecule has 0 aliphatic rings. The lowest BCUT2D eigenvalue weighted by Crippen LogP contribution is -2.32. The van der Waals surface area contributed by atoms with Crippen LogP contribution < -0.4 is 10.5 Å². The predicted molar refractivity (Wildman–Crippen MR) is 60.0 cm³/mol. The number of hydrogen-bond donors (Lipinski definition) is 2. The Balaban J connectivity index is 2.98. The van der Waals surface area contributed by atoms with Gasteiger partial charge in [-0.3, -0.25) is 4.79 Å². The highest BCUT2D eigenvalue weighted by molar-refractivity contribution is 9.10. The Kier molecular flexibility index (Phi) is 4.26. The number of nitrogens with two attached hydrogens (primary N) is 1. The van der Waals surface area contributed by atoms with E-state index in [4.69, 9.17) is 15.6 Å². The first-order valence-corrected chi connectivity index (χ1v) is 5.25. The minimum atomic E-state index is -1.10. The molecule has 0 saturated heterocycles. The molecule has 0 aliphatic heterocycles. The maximum Gasteiger partial charge on any atom is 0.320 e. The molecule has 1 atom stereocenters. The van der Waals surface area contributed by atoms with Crippen LogP contribution >= 0.6 is 15.9 Å². The van der Waals surface area contributed by atoms with Gasteiger partial charge in [-0.25, -0.2) is 4.39 Å². The first-order chi connectivity index (χ1) is 7.45. The lowest BCUT2D eigenvalue weighted by Gasteiger charge is -2.10. The van der Waals surface area contributed by atoms with Crippen LogP contribution in [0.2, 0.25) is 0 Å². The molecule has 0 radical (unpaired) electrons. The van der Waals surface area contributed by atoms with Crippen molar-refractivity contribution in [3.05, 3.63) is 28.0 Å². The second-order valence-electron chi connectivity index (χ2n) is 3.24. The number of carboxylic acid groups (broad SMARTS) is 1. The summed E-state index contributed by atoms with van der Waals surface area (Å²) in [7, 11) is 1.34. The highest BCUT2D eigenvalue weighted by Crippen LogP contribution is 2.27. The summed E-state index contributed by atoms with van der Waals surface area (Å²) in [5, 5.41) is 8.65. The van der Waals surface area contributed by atoms with E-state index in [1.54, 1.807) is 0 Å². The van der Waals surface area contributed by atoms with Gasteiger partial charge in [-0.05, 0) is 40.0 Å². The molecule has 0 heterocycles. The molecule has 1 aromatic rings. The fourth-order valence-electron chi connectivity index (χ4n) is 1.22. The zero-order chi connectivity index (χ0) is 12.3. The molecule has 0 aliphatic carbocycles. The summed E-state index contributed by atoms with van der Waals surface area (Å²) in [6.07, 6.45) is 0.116. The van der Waals surface area contributed by atoms with Crippen molar-refractivity contribution >= 4 is 21.9 Å². The third-order valence-electron chi connectivity index (χ3n) is 2.05. The molecule has 0 spiro atoms. The molecule has 4 nitrogen and oxygen atoms in total. The van der Waals surface area contributed by atoms with Gasteiger partial charge in [0.25, 0.3) is 0 Å². The van der Waals surface area contributed by atoms with Gasteiger partial charge in [0.05, 0.1) is 11.6 Å². The fraction of sp³-hybridized carbons (Fsp3) is 0.300. The maximum absolute atomic E-state index is 13.4. The molecule has 88 valence electrons. The van der Waals surface area contributed by atoms with Gasteiger partial charge in [0.1, 0.15) is 6.04 Å². The van der Waals surface area contributed by atoms with Crippen LogP contribution in [-0.4, -0.2) is 24.2 Å². The molecule has 0 bridgehead atoms. The minimum Gasteiger partial charge on any atom is -0.494 e. The van der Waals surface area contributed by atoms with Gasteiger partial charge in [-0.2, -0.15) is 0 Å². The van der Waals surface area contributed by atoms with Crippen molar-refractivity contribution < 1.29 is 19.0 Å². The molecule has 0 aromatic heterocycles. The van der Waals surface area contributed by atoms with Crippen molar-refractivity contribution in [3.63, 3.8) is 0 Å². The summed E-state index contributed by atoms with van der Waals surface area (Å²) < 4.78 is 18.4. The van der Waals surface area contributed by atoms with Gasteiger partial charge in [0.2, 0.25) is 0 Å². The number of rotatable bonds is 4. The lowest BCUT2D eigenvalue weighted by molar-refractivity contribution is -0.138. The zero-order valence-corrected chi connectivity index (χ0v) is 10.1. The van der Waals surface area contributed by atoms with Crippen LogP contribution in [0.5, 0.6) is 5.75 Å². The number of methoxy groups -OCH3 is 1. The number of carbonyl (C=O) groups is 1. The van der Waals surface area contributed by atoms with Gasteiger partial charge in [0, 0.05) is 0 Å². The largest absolute Gasteiger partial charge is 0.494 e. The average molecular weight is 292 g/mol. The molecule has 1 rings (SSSR count). The third kappa shape index (κ3) is 2.93. The van der Waals surface area contributed by atoms with Gasteiger partial charge in [-0.15, -0.1) is 0 Å². The van der Waals surface area contributed by atoms with E-state index in [1.807, 2.05) is 0 Å².